The van der Waals surface area contributed by atoms with E-state index in [-0.39, 0.29) is 18.2 Å². The minimum Gasteiger partial charge on any atom is -0.348 e. The molecular formula is C20H25FN2O3S. The van der Waals surface area contributed by atoms with Crippen LogP contribution in [0, 0.1) is 12.7 Å². The number of nitrogens with zero attached hydrogens (tertiary/aromatic N) is 1. The molecule has 0 fully saturated rings. The lowest BCUT2D eigenvalue weighted by Crippen LogP contribution is -2.49. The van der Waals surface area contributed by atoms with Gasteiger partial charge in [0.05, 0.1) is 18.0 Å². The summed E-state index contributed by atoms with van der Waals surface area (Å²) in [5, 5.41) is 2.88. The number of sulfonamides is 1. The van der Waals surface area contributed by atoms with E-state index in [1.165, 1.54) is 24.3 Å². The van der Waals surface area contributed by atoms with Gasteiger partial charge in [-0.3, -0.25) is 9.10 Å². The number of carbonyl (C=O) groups is 1. The summed E-state index contributed by atoms with van der Waals surface area (Å²) in [4.78, 5) is 12.9. The van der Waals surface area contributed by atoms with Gasteiger partial charge in [-0.05, 0) is 50.1 Å². The van der Waals surface area contributed by atoms with Crippen molar-refractivity contribution in [3.8, 4) is 0 Å². The minimum atomic E-state index is -3.74. The molecule has 0 saturated carbocycles. The number of hydrogen-bond donors (Lipinski definition) is 1. The molecule has 146 valence electrons. The van der Waals surface area contributed by atoms with Crippen molar-refractivity contribution in [2.75, 3.05) is 10.6 Å². The second-order valence-electron chi connectivity index (χ2n) is 6.60. The standard InChI is InChI=1S/C20H25FN2O3S/c1-5-19(20(24)22-15(3)16-8-6-14(2)7-9-16)23(27(4,25)26)18-12-10-17(21)11-13-18/h6-13,15,19H,5H2,1-4H3,(H,22,24)/t15-,19+/m1/s1. The van der Waals surface area contributed by atoms with Crippen LogP contribution in [-0.2, 0) is 14.8 Å². The maximum atomic E-state index is 13.2. The van der Waals surface area contributed by atoms with Crippen molar-refractivity contribution < 1.29 is 17.6 Å². The van der Waals surface area contributed by atoms with Crippen LogP contribution in [0.5, 0.6) is 0 Å². The number of anilines is 1. The van der Waals surface area contributed by atoms with E-state index in [2.05, 4.69) is 5.32 Å². The second-order valence-corrected chi connectivity index (χ2v) is 8.46. The van der Waals surface area contributed by atoms with E-state index in [0.29, 0.717) is 0 Å². The Morgan fingerprint density at radius 1 is 1.11 bits per heavy atom. The van der Waals surface area contributed by atoms with Gasteiger partial charge in [0.1, 0.15) is 11.9 Å². The summed E-state index contributed by atoms with van der Waals surface area (Å²) in [6.45, 7) is 5.56. The molecule has 0 heterocycles. The lowest BCUT2D eigenvalue weighted by atomic mass is 10.1. The largest absolute Gasteiger partial charge is 0.348 e. The van der Waals surface area contributed by atoms with E-state index in [0.717, 1.165) is 21.7 Å². The van der Waals surface area contributed by atoms with Gasteiger partial charge in [-0.25, -0.2) is 12.8 Å². The number of rotatable bonds is 7. The van der Waals surface area contributed by atoms with Gasteiger partial charge in [0, 0.05) is 0 Å². The number of amides is 1. The molecule has 1 N–H and O–H groups in total. The highest BCUT2D eigenvalue weighted by molar-refractivity contribution is 7.92. The molecule has 0 bridgehead atoms. The zero-order valence-corrected chi connectivity index (χ0v) is 16.8. The summed E-state index contributed by atoms with van der Waals surface area (Å²) >= 11 is 0. The highest BCUT2D eigenvalue weighted by Gasteiger charge is 2.32. The van der Waals surface area contributed by atoms with Crippen molar-refractivity contribution in [2.24, 2.45) is 0 Å². The average Bonchev–Trinajstić information content (AvgIpc) is 2.60. The van der Waals surface area contributed by atoms with Crippen LogP contribution in [0.25, 0.3) is 0 Å². The van der Waals surface area contributed by atoms with Crippen molar-refractivity contribution >= 4 is 21.6 Å². The first-order valence-electron chi connectivity index (χ1n) is 8.75. The highest BCUT2D eigenvalue weighted by Crippen LogP contribution is 2.23. The monoisotopic (exact) mass is 392 g/mol. The van der Waals surface area contributed by atoms with Crippen LogP contribution in [0.1, 0.15) is 37.4 Å². The number of aryl methyl sites for hydroxylation is 1. The van der Waals surface area contributed by atoms with Gasteiger partial charge in [0.15, 0.2) is 0 Å². The SMILES string of the molecule is CC[C@@H](C(=O)N[C@H](C)c1ccc(C)cc1)N(c1ccc(F)cc1)S(C)(=O)=O. The molecule has 2 rings (SSSR count). The Balaban J connectivity index is 2.28. The minimum absolute atomic E-state index is 0.254. The molecule has 0 aromatic heterocycles. The van der Waals surface area contributed by atoms with Gasteiger partial charge < -0.3 is 5.32 Å². The molecule has 0 spiro atoms. The maximum absolute atomic E-state index is 13.2. The smallest absolute Gasteiger partial charge is 0.244 e. The molecule has 0 aliphatic carbocycles. The highest BCUT2D eigenvalue weighted by atomic mass is 32.2. The quantitative estimate of drug-likeness (QED) is 0.784. The topological polar surface area (TPSA) is 66.5 Å². The number of halogens is 1. The zero-order valence-electron chi connectivity index (χ0n) is 15.9. The lowest BCUT2D eigenvalue weighted by Gasteiger charge is -2.31. The van der Waals surface area contributed by atoms with Gasteiger partial charge in [-0.2, -0.15) is 0 Å². The van der Waals surface area contributed by atoms with Crippen LogP contribution in [0.4, 0.5) is 10.1 Å². The molecule has 1 amide bonds. The van der Waals surface area contributed by atoms with Crippen molar-refractivity contribution in [3.05, 3.63) is 65.5 Å². The van der Waals surface area contributed by atoms with Gasteiger partial charge in [0.25, 0.3) is 0 Å². The van der Waals surface area contributed by atoms with Crippen LogP contribution < -0.4 is 9.62 Å². The fraction of sp³-hybridized carbons (Fsp3) is 0.350. The van der Waals surface area contributed by atoms with Crippen molar-refractivity contribution in [3.63, 3.8) is 0 Å². The van der Waals surface area contributed by atoms with Crippen LogP contribution >= 0.6 is 0 Å². The Kier molecular flexibility index (Phi) is 6.59. The van der Waals surface area contributed by atoms with E-state index in [1.54, 1.807) is 6.92 Å². The van der Waals surface area contributed by atoms with E-state index in [9.17, 15) is 17.6 Å². The zero-order chi connectivity index (χ0) is 20.2. The van der Waals surface area contributed by atoms with Crippen molar-refractivity contribution in [2.45, 2.75) is 39.3 Å². The molecular weight excluding hydrogens is 367 g/mol. The normalized spacial score (nSPS) is 13.7. The third-order valence-corrected chi connectivity index (χ3v) is 5.53. The molecule has 0 radical (unpaired) electrons. The predicted octanol–water partition coefficient (Wildman–Crippen LogP) is 3.56. The second kappa shape index (κ2) is 8.52. The first-order chi connectivity index (χ1) is 12.6. The molecule has 2 atom stereocenters. The predicted molar refractivity (Wildman–Crippen MR) is 106 cm³/mol. The summed E-state index contributed by atoms with van der Waals surface area (Å²) < 4.78 is 39.0. The third-order valence-electron chi connectivity index (χ3n) is 4.35. The van der Waals surface area contributed by atoms with Gasteiger partial charge in [-0.15, -0.1) is 0 Å². The van der Waals surface area contributed by atoms with Crippen LogP contribution in [-0.4, -0.2) is 26.6 Å². The fourth-order valence-corrected chi connectivity index (χ4v) is 4.11. The lowest BCUT2D eigenvalue weighted by molar-refractivity contribution is -0.122. The summed E-state index contributed by atoms with van der Waals surface area (Å²) in [6.07, 6.45) is 1.31. The number of nitrogens with one attached hydrogen (secondary N) is 1. The Hall–Kier alpha value is -2.41. The van der Waals surface area contributed by atoms with E-state index >= 15 is 0 Å². The summed E-state index contributed by atoms with van der Waals surface area (Å²) in [6, 6.07) is 11.6. The maximum Gasteiger partial charge on any atom is 0.244 e. The van der Waals surface area contributed by atoms with Crippen LogP contribution in [0.15, 0.2) is 48.5 Å². The summed E-state index contributed by atoms with van der Waals surface area (Å²) in [5.74, 6) is -0.877. The first-order valence-corrected chi connectivity index (χ1v) is 10.6. The number of hydrogen-bond acceptors (Lipinski definition) is 3. The van der Waals surface area contributed by atoms with Gasteiger partial charge in [0.2, 0.25) is 15.9 Å². The molecule has 5 nitrogen and oxygen atoms in total. The Labute approximate surface area is 160 Å². The first kappa shape index (κ1) is 20.9. The van der Waals surface area contributed by atoms with Crippen molar-refractivity contribution in [1.29, 1.82) is 0 Å². The van der Waals surface area contributed by atoms with E-state index < -0.39 is 27.8 Å². The van der Waals surface area contributed by atoms with Crippen molar-refractivity contribution in [1.82, 2.24) is 5.32 Å². The van der Waals surface area contributed by atoms with Gasteiger partial charge >= 0.3 is 0 Å². The Morgan fingerprint density at radius 2 is 1.67 bits per heavy atom. The molecule has 0 unspecified atom stereocenters. The number of carbonyl (C=O) groups excluding carboxylic acids is 1. The molecule has 0 aliphatic heterocycles. The molecule has 2 aromatic carbocycles. The average molecular weight is 392 g/mol. The van der Waals surface area contributed by atoms with Gasteiger partial charge in [-0.1, -0.05) is 36.8 Å². The third kappa shape index (κ3) is 5.29. The van der Waals surface area contributed by atoms with Crippen LogP contribution in [0.2, 0.25) is 0 Å². The molecule has 27 heavy (non-hydrogen) atoms. The summed E-state index contributed by atoms with van der Waals surface area (Å²) in [5.41, 5.74) is 2.30. The molecule has 7 heteroatoms. The van der Waals surface area contributed by atoms with E-state index in [1.807, 2.05) is 38.1 Å². The number of benzene rings is 2. The molecule has 0 saturated heterocycles. The van der Waals surface area contributed by atoms with Crippen LogP contribution in [0.3, 0.4) is 0 Å². The fourth-order valence-electron chi connectivity index (χ4n) is 2.90. The summed E-state index contributed by atoms with van der Waals surface area (Å²) in [7, 11) is -3.74. The molecule has 0 aliphatic rings. The Bertz CT molecular complexity index is 880. The van der Waals surface area contributed by atoms with E-state index in [4.69, 9.17) is 0 Å². The Morgan fingerprint density at radius 3 is 2.15 bits per heavy atom. The molecule has 2 aromatic rings.